The molecule has 4 rings (SSSR count). The second-order valence-corrected chi connectivity index (χ2v) is 12.6. The minimum absolute atomic E-state index is 0.115. The molecule has 1 aliphatic rings. The summed E-state index contributed by atoms with van der Waals surface area (Å²) in [5.74, 6) is 3.11. The van der Waals surface area contributed by atoms with Crippen LogP contribution in [0.1, 0.15) is 52.2 Å². The molecule has 4 heterocycles. The van der Waals surface area contributed by atoms with Crippen LogP contribution in [0.25, 0.3) is 0 Å². The second kappa shape index (κ2) is 9.79. The number of fused-ring (bicyclic) bond motifs is 1. The highest BCUT2D eigenvalue weighted by atomic mass is 32.2. The molecule has 13 heteroatoms. The number of aromatic nitrogens is 2. The number of aryl methyl sites for hydroxylation is 1. The van der Waals surface area contributed by atoms with Gasteiger partial charge in [-0.15, -0.1) is 11.3 Å². The standard InChI is InChI=1S/C23H33N7O4S2/c1-7-30(8-2)36(32,33)22-16(31)14(11-35-22)26-20-21(29-19-18(28-20)24-12-25-19)27-17(23(4,5)6)15-10-9-13(3)34-15/h9-11,17,31H,7-8,12H2,1-6H3,(H2,24,26,28)(H2,25,27,29)/t17-/m0/s1. The maximum absolute atomic E-state index is 13.0. The fourth-order valence-corrected chi connectivity index (χ4v) is 6.79. The zero-order chi connectivity index (χ0) is 26.3. The molecule has 0 fully saturated rings. The Morgan fingerprint density at radius 2 is 1.81 bits per heavy atom. The number of nitrogens with one attached hydrogen (secondary N) is 4. The SMILES string of the molecule is CCN(CC)S(=O)(=O)c1scc(Nc2nc3c(nc2N[C@@H](c2ccc(C)o2)C(C)(C)C)NCN3)c1O. The molecule has 0 saturated heterocycles. The van der Waals surface area contributed by atoms with Gasteiger partial charge in [0, 0.05) is 18.5 Å². The minimum Gasteiger partial charge on any atom is -0.504 e. The number of sulfonamides is 1. The van der Waals surface area contributed by atoms with Crippen molar-refractivity contribution in [2.24, 2.45) is 5.41 Å². The Kier molecular flexibility index (Phi) is 7.08. The van der Waals surface area contributed by atoms with E-state index in [9.17, 15) is 13.5 Å². The summed E-state index contributed by atoms with van der Waals surface area (Å²) in [6.45, 7) is 12.8. The fourth-order valence-electron chi connectivity index (χ4n) is 3.96. The fraction of sp³-hybridized carbons (Fsp3) is 0.478. The van der Waals surface area contributed by atoms with E-state index in [-0.39, 0.29) is 27.1 Å². The molecule has 0 spiro atoms. The van der Waals surface area contributed by atoms with E-state index in [2.05, 4.69) is 47.0 Å². The minimum atomic E-state index is -3.82. The predicted molar refractivity (Wildman–Crippen MR) is 143 cm³/mol. The number of rotatable bonds is 9. The van der Waals surface area contributed by atoms with Crippen LogP contribution in [0.3, 0.4) is 0 Å². The van der Waals surface area contributed by atoms with Crippen molar-refractivity contribution in [1.29, 1.82) is 0 Å². The van der Waals surface area contributed by atoms with Gasteiger partial charge in [-0.05, 0) is 24.5 Å². The van der Waals surface area contributed by atoms with Crippen molar-refractivity contribution in [2.45, 2.75) is 51.8 Å². The summed E-state index contributed by atoms with van der Waals surface area (Å²) in [4.78, 5) is 9.37. The molecular formula is C23H33N7O4S2. The van der Waals surface area contributed by atoms with Crippen LogP contribution < -0.4 is 21.3 Å². The third-order valence-corrected chi connectivity index (χ3v) is 9.40. The van der Waals surface area contributed by atoms with E-state index in [0.717, 1.165) is 22.9 Å². The molecule has 1 atom stereocenters. The van der Waals surface area contributed by atoms with E-state index < -0.39 is 10.0 Å². The molecule has 1 aliphatic heterocycles. The number of furan rings is 1. The van der Waals surface area contributed by atoms with E-state index in [1.807, 2.05) is 19.1 Å². The van der Waals surface area contributed by atoms with Gasteiger partial charge in [-0.25, -0.2) is 18.4 Å². The molecule has 0 aromatic carbocycles. The van der Waals surface area contributed by atoms with Gasteiger partial charge in [0.15, 0.2) is 33.2 Å². The first-order valence-corrected chi connectivity index (χ1v) is 14.1. The summed E-state index contributed by atoms with van der Waals surface area (Å²) in [6.07, 6.45) is 0. The Morgan fingerprint density at radius 1 is 1.17 bits per heavy atom. The van der Waals surface area contributed by atoms with Crippen LogP contribution >= 0.6 is 11.3 Å². The Hall–Kier alpha value is -3.03. The molecule has 0 bridgehead atoms. The molecule has 11 nitrogen and oxygen atoms in total. The molecule has 3 aromatic heterocycles. The number of aromatic hydroxyl groups is 1. The number of hydrogen-bond donors (Lipinski definition) is 5. The van der Waals surface area contributed by atoms with Crippen molar-refractivity contribution in [3.8, 4) is 5.75 Å². The Bertz CT molecular complexity index is 1340. The Labute approximate surface area is 215 Å². The van der Waals surface area contributed by atoms with Crippen molar-refractivity contribution in [3.63, 3.8) is 0 Å². The van der Waals surface area contributed by atoms with Gasteiger partial charge < -0.3 is 30.8 Å². The lowest BCUT2D eigenvalue weighted by Crippen LogP contribution is -2.30. The first kappa shape index (κ1) is 26.0. The molecule has 5 N–H and O–H groups in total. The third-order valence-electron chi connectivity index (χ3n) is 5.87. The van der Waals surface area contributed by atoms with Gasteiger partial charge in [0.2, 0.25) is 0 Å². The van der Waals surface area contributed by atoms with Crippen LogP contribution in [0.4, 0.5) is 29.0 Å². The summed E-state index contributed by atoms with van der Waals surface area (Å²) < 4.78 is 33.1. The van der Waals surface area contributed by atoms with Gasteiger partial charge in [-0.3, -0.25) is 0 Å². The van der Waals surface area contributed by atoms with Gasteiger partial charge in [0.25, 0.3) is 10.0 Å². The topological polar surface area (TPSA) is 145 Å². The predicted octanol–water partition coefficient (Wildman–Crippen LogP) is 4.91. The van der Waals surface area contributed by atoms with Gasteiger partial charge in [-0.1, -0.05) is 34.6 Å². The maximum Gasteiger partial charge on any atom is 0.256 e. The largest absolute Gasteiger partial charge is 0.504 e. The van der Waals surface area contributed by atoms with Crippen LogP contribution in [0.5, 0.6) is 5.75 Å². The first-order valence-electron chi connectivity index (χ1n) is 11.8. The van der Waals surface area contributed by atoms with E-state index in [1.165, 1.54) is 4.31 Å². The highest BCUT2D eigenvalue weighted by Crippen LogP contribution is 2.43. The maximum atomic E-state index is 13.0. The highest BCUT2D eigenvalue weighted by molar-refractivity contribution is 7.91. The van der Waals surface area contributed by atoms with Crippen molar-refractivity contribution in [1.82, 2.24) is 14.3 Å². The zero-order valence-electron chi connectivity index (χ0n) is 21.3. The van der Waals surface area contributed by atoms with Crippen LogP contribution in [0, 0.1) is 12.3 Å². The van der Waals surface area contributed by atoms with Crippen molar-refractivity contribution in [2.75, 3.05) is 41.0 Å². The molecular weight excluding hydrogens is 502 g/mol. The van der Waals surface area contributed by atoms with Crippen molar-refractivity contribution < 1.29 is 17.9 Å². The molecule has 0 radical (unpaired) electrons. The summed E-state index contributed by atoms with van der Waals surface area (Å²) in [6, 6.07) is 3.60. The molecule has 0 saturated carbocycles. The first-order chi connectivity index (χ1) is 17.0. The molecule has 36 heavy (non-hydrogen) atoms. The number of thiophene rings is 1. The Morgan fingerprint density at radius 3 is 2.36 bits per heavy atom. The zero-order valence-corrected chi connectivity index (χ0v) is 22.9. The van der Waals surface area contributed by atoms with E-state index in [4.69, 9.17) is 9.40 Å². The van der Waals surface area contributed by atoms with Crippen LogP contribution in [-0.2, 0) is 10.0 Å². The lowest BCUT2D eigenvalue weighted by Gasteiger charge is -2.31. The molecule has 196 valence electrons. The summed E-state index contributed by atoms with van der Waals surface area (Å²) >= 11 is 0.957. The Balaban J connectivity index is 1.73. The summed E-state index contributed by atoms with van der Waals surface area (Å²) in [5, 5.41) is 25.2. The molecule has 0 aliphatic carbocycles. The van der Waals surface area contributed by atoms with E-state index in [0.29, 0.717) is 43.0 Å². The smallest absolute Gasteiger partial charge is 0.256 e. The summed E-state index contributed by atoms with van der Waals surface area (Å²) in [7, 11) is -3.82. The lowest BCUT2D eigenvalue weighted by atomic mass is 9.85. The van der Waals surface area contributed by atoms with Gasteiger partial charge in [-0.2, -0.15) is 4.31 Å². The lowest BCUT2D eigenvalue weighted by molar-refractivity contribution is 0.300. The quantitative estimate of drug-likeness (QED) is 0.256. The van der Waals surface area contributed by atoms with Crippen molar-refractivity contribution in [3.05, 3.63) is 29.0 Å². The van der Waals surface area contributed by atoms with Crippen molar-refractivity contribution >= 4 is 50.3 Å². The van der Waals surface area contributed by atoms with Crippen LogP contribution in [0.15, 0.2) is 26.1 Å². The second-order valence-electron chi connectivity index (χ2n) is 9.54. The molecule has 0 unspecified atom stereocenters. The van der Waals surface area contributed by atoms with E-state index >= 15 is 0 Å². The van der Waals surface area contributed by atoms with Gasteiger partial charge >= 0.3 is 0 Å². The number of nitrogens with zero attached hydrogens (tertiary/aromatic N) is 3. The normalized spacial score (nSPS) is 14.3. The number of anilines is 5. The van der Waals surface area contributed by atoms with Crippen LogP contribution in [0.2, 0.25) is 0 Å². The monoisotopic (exact) mass is 535 g/mol. The molecule has 0 amide bonds. The molecule has 3 aromatic rings. The van der Waals surface area contributed by atoms with Gasteiger partial charge in [0.05, 0.1) is 18.4 Å². The summed E-state index contributed by atoms with van der Waals surface area (Å²) in [5.41, 5.74) is -0.0149. The number of hydrogen-bond acceptors (Lipinski definition) is 11. The average Bonchev–Trinajstić information content (AvgIpc) is 3.52. The van der Waals surface area contributed by atoms with Gasteiger partial charge in [0.1, 0.15) is 11.5 Å². The van der Waals surface area contributed by atoms with E-state index in [1.54, 1.807) is 19.2 Å². The third kappa shape index (κ3) is 4.95. The van der Waals surface area contributed by atoms with Crippen LogP contribution in [-0.4, -0.2) is 47.6 Å². The highest BCUT2D eigenvalue weighted by Gasteiger charge is 2.32. The average molecular weight is 536 g/mol.